The van der Waals surface area contributed by atoms with Gasteiger partial charge in [0.15, 0.2) is 0 Å². The van der Waals surface area contributed by atoms with Crippen LogP contribution >= 0.6 is 11.3 Å². The van der Waals surface area contributed by atoms with E-state index in [1.807, 2.05) is 6.92 Å². The average molecular weight is 457 g/mol. The summed E-state index contributed by atoms with van der Waals surface area (Å²) in [6, 6.07) is 2.08. The van der Waals surface area contributed by atoms with Crippen molar-refractivity contribution in [1.82, 2.24) is 9.80 Å². The van der Waals surface area contributed by atoms with Gasteiger partial charge >= 0.3 is 0 Å². The molecule has 3 heterocycles. The Morgan fingerprint density at radius 1 is 1.00 bits per heavy atom. The van der Waals surface area contributed by atoms with Crippen molar-refractivity contribution in [3.63, 3.8) is 0 Å². The van der Waals surface area contributed by atoms with E-state index in [1.165, 1.54) is 24.1 Å². The summed E-state index contributed by atoms with van der Waals surface area (Å²) in [5.74, 6) is 0.371. The highest BCUT2D eigenvalue weighted by Gasteiger charge is 2.32. The minimum absolute atomic E-state index is 0.0461. The molecule has 1 aliphatic carbocycles. The van der Waals surface area contributed by atoms with Crippen LogP contribution in [0, 0.1) is 17.2 Å². The molecule has 0 spiro atoms. The lowest BCUT2D eigenvalue weighted by molar-refractivity contribution is -0.137. The van der Waals surface area contributed by atoms with Crippen molar-refractivity contribution < 1.29 is 9.59 Å². The summed E-state index contributed by atoms with van der Waals surface area (Å²) in [6.45, 7) is 5.29. The Hall–Kier alpha value is -1.91. The molecule has 0 unspecified atom stereocenters. The van der Waals surface area contributed by atoms with Crippen molar-refractivity contribution in [2.24, 2.45) is 5.92 Å². The Morgan fingerprint density at radius 3 is 2.34 bits per heavy atom. The molecule has 1 aromatic heterocycles. The number of nitrogens with one attached hydrogen (secondary N) is 1. The topological polar surface area (TPSA) is 76.4 Å². The van der Waals surface area contributed by atoms with Crippen LogP contribution in [-0.2, 0) is 22.4 Å². The van der Waals surface area contributed by atoms with Gasteiger partial charge in [0, 0.05) is 23.9 Å². The molecule has 0 saturated carbocycles. The number of anilines is 1. The number of amides is 2. The molecule has 4 rings (SSSR count). The molecule has 32 heavy (non-hydrogen) atoms. The number of hydrogen-bond acceptors (Lipinski definition) is 5. The number of piperidine rings is 1. The second kappa shape index (κ2) is 10.8. The third kappa shape index (κ3) is 5.18. The number of carbonyl (C=O) groups is 2. The summed E-state index contributed by atoms with van der Waals surface area (Å²) >= 11 is 1.59. The fourth-order valence-electron chi connectivity index (χ4n) is 5.41. The Balaban J connectivity index is 1.32. The molecular formula is C25H36N4O2S. The van der Waals surface area contributed by atoms with E-state index in [4.69, 9.17) is 0 Å². The fraction of sp³-hybridized carbons (Fsp3) is 0.720. The molecular weight excluding hydrogens is 420 g/mol. The highest BCUT2D eigenvalue weighted by atomic mass is 32.1. The number of nitriles is 1. The number of likely N-dealkylation sites (tertiary alicyclic amines) is 2. The summed E-state index contributed by atoms with van der Waals surface area (Å²) in [5.41, 5.74) is 1.83. The summed E-state index contributed by atoms with van der Waals surface area (Å²) in [7, 11) is 0. The maximum absolute atomic E-state index is 13.0. The first-order valence-electron chi connectivity index (χ1n) is 12.5. The number of thiophene rings is 1. The van der Waals surface area contributed by atoms with E-state index in [0.717, 1.165) is 88.1 Å². The summed E-state index contributed by atoms with van der Waals surface area (Å²) in [5, 5.41) is 13.5. The fourth-order valence-corrected chi connectivity index (χ4v) is 6.66. The van der Waals surface area contributed by atoms with Crippen LogP contribution in [-0.4, -0.2) is 53.8 Å². The maximum Gasteiger partial charge on any atom is 0.242 e. The Labute approximate surface area is 196 Å². The molecule has 2 saturated heterocycles. The minimum Gasteiger partial charge on any atom is -0.342 e. The maximum atomic E-state index is 13.0. The van der Waals surface area contributed by atoms with Crippen LogP contribution in [0.15, 0.2) is 0 Å². The van der Waals surface area contributed by atoms with Gasteiger partial charge in [-0.2, -0.15) is 5.26 Å². The molecule has 2 amide bonds. The van der Waals surface area contributed by atoms with E-state index in [9.17, 15) is 14.9 Å². The van der Waals surface area contributed by atoms with Crippen molar-refractivity contribution in [1.29, 1.82) is 5.26 Å². The predicted molar refractivity (Wildman–Crippen MR) is 128 cm³/mol. The number of carbonyl (C=O) groups excluding carboxylic acids is 2. The van der Waals surface area contributed by atoms with E-state index in [1.54, 1.807) is 11.3 Å². The van der Waals surface area contributed by atoms with E-state index in [2.05, 4.69) is 21.2 Å². The van der Waals surface area contributed by atoms with Crippen LogP contribution in [0.25, 0.3) is 0 Å². The first-order chi connectivity index (χ1) is 15.6. The standard InChI is InChI=1S/C25H36N4O2S/c1-18(23(30)27-24-21(17-26)20-9-5-4-6-10-22(20)32-24)28-15-11-19(12-16-28)25(31)29-13-7-2-3-8-14-29/h18-19H,2-16H2,1H3,(H,27,30)/t18-/m1/s1. The van der Waals surface area contributed by atoms with Gasteiger partial charge in [0.2, 0.25) is 11.8 Å². The van der Waals surface area contributed by atoms with Crippen LogP contribution in [0.2, 0.25) is 0 Å². The molecule has 0 bridgehead atoms. The number of rotatable bonds is 4. The highest BCUT2D eigenvalue weighted by Crippen LogP contribution is 2.37. The normalized spacial score (nSPS) is 21.7. The Kier molecular flexibility index (Phi) is 7.85. The lowest BCUT2D eigenvalue weighted by Crippen LogP contribution is -2.48. The summed E-state index contributed by atoms with van der Waals surface area (Å²) in [4.78, 5) is 31.5. The monoisotopic (exact) mass is 456 g/mol. The van der Waals surface area contributed by atoms with Crippen LogP contribution < -0.4 is 5.32 Å². The molecule has 0 aromatic carbocycles. The molecule has 2 aliphatic heterocycles. The first kappa shape index (κ1) is 23.3. The molecule has 2 fully saturated rings. The average Bonchev–Trinajstić information content (AvgIpc) is 3.03. The van der Waals surface area contributed by atoms with Gasteiger partial charge in [-0.05, 0) is 76.9 Å². The number of aryl methyl sites for hydroxylation is 1. The molecule has 1 aromatic rings. The van der Waals surface area contributed by atoms with Crippen LogP contribution in [0.1, 0.15) is 80.7 Å². The first-order valence-corrected chi connectivity index (χ1v) is 13.3. The molecule has 7 heteroatoms. The Morgan fingerprint density at radius 2 is 1.66 bits per heavy atom. The van der Waals surface area contributed by atoms with Gasteiger partial charge in [0.1, 0.15) is 11.1 Å². The van der Waals surface area contributed by atoms with E-state index in [0.29, 0.717) is 11.5 Å². The van der Waals surface area contributed by atoms with Crippen LogP contribution in [0.5, 0.6) is 0 Å². The lowest BCUT2D eigenvalue weighted by atomic mass is 9.94. The Bertz CT molecular complexity index is 858. The number of fused-ring (bicyclic) bond motifs is 1. The van der Waals surface area contributed by atoms with E-state index >= 15 is 0 Å². The van der Waals surface area contributed by atoms with Crippen molar-refractivity contribution >= 4 is 28.2 Å². The summed E-state index contributed by atoms with van der Waals surface area (Å²) < 4.78 is 0. The van der Waals surface area contributed by atoms with Crippen molar-refractivity contribution in [3.8, 4) is 6.07 Å². The molecule has 6 nitrogen and oxygen atoms in total. The van der Waals surface area contributed by atoms with Crippen LogP contribution in [0.4, 0.5) is 5.00 Å². The second-order valence-electron chi connectivity index (χ2n) is 9.60. The van der Waals surface area contributed by atoms with Crippen molar-refractivity contribution in [2.45, 2.75) is 83.6 Å². The molecule has 1 atom stereocenters. The van der Waals surface area contributed by atoms with E-state index < -0.39 is 0 Å². The SMILES string of the molecule is C[C@H](C(=O)Nc1sc2c(c1C#N)CCCCC2)N1CCC(C(=O)N2CCCCCC2)CC1. The van der Waals surface area contributed by atoms with Crippen molar-refractivity contribution in [3.05, 3.63) is 16.0 Å². The van der Waals surface area contributed by atoms with Gasteiger partial charge in [0.05, 0.1) is 11.6 Å². The molecule has 3 aliphatic rings. The zero-order chi connectivity index (χ0) is 22.5. The largest absolute Gasteiger partial charge is 0.342 e. The molecule has 1 N–H and O–H groups in total. The van der Waals surface area contributed by atoms with Gasteiger partial charge in [-0.25, -0.2) is 0 Å². The number of hydrogen-bond donors (Lipinski definition) is 1. The van der Waals surface area contributed by atoms with Gasteiger partial charge < -0.3 is 10.2 Å². The third-order valence-electron chi connectivity index (χ3n) is 7.49. The quantitative estimate of drug-likeness (QED) is 0.684. The highest BCUT2D eigenvalue weighted by molar-refractivity contribution is 7.16. The zero-order valence-electron chi connectivity index (χ0n) is 19.3. The molecule has 174 valence electrons. The lowest BCUT2D eigenvalue weighted by Gasteiger charge is -2.36. The van der Waals surface area contributed by atoms with Gasteiger partial charge in [-0.1, -0.05) is 19.3 Å². The second-order valence-corrected chi connectivity index (χ2v) is 10.7. The van der Waals surface area contributed by atoms with Gasteiger partial charge in [-0.3, -0.25) is 14.5 Å². The van der Waals surface area contributed by atoms with Crippen LogP contribution in [0.3, 0.4) is 0 Å². The minimum atomic E-state index is -0.266. The van der Waals surface area contributed by atoms with Crippen molar-refractivity contribution in [2.75, 3.05) is 31.5 Å². The molecule has 0 radical (unpaired) electrons. The van der Waals surface area contributed by atoms with Gasteiger partial charge in [-0.15, -0.1) is 11.3 Å². The predicted octanol–water partition coefficient (Wildman–Crippen LogP) is 4.33. The zero-order valence-corrected chi connectivity index (χ0v) is 20.1. The summed E-state index contributed by atoms with van der Waals surface area (Å²) in [6.07, 6.45) is 11.8. The van der Waals surface area contributed by atoms with Gasteiger partial charge in [0.25, 0.3) is 0 Å². The third-order valence-corrected chi connectivity index (χ3v) is 8.70. The number of nitrogens with zero attached hydrogens (tertiary/aromatic N) is 3. The van der Waals surface area contributed by atoms with E-state index in [-0.39, 0.29) is 17.9 Å². The smallest absolute Gasteiger partial charge is 0.242 e.